The zero-order chi connectivity index (χ0) is 13.9. The highest BCUT2D eigenvalue weighted by molar-refractivity contribution is 7.15. The second-order valence-corrected chi connectivity index (χ2v) is 6.83. The van der Waals surface area contributed by atoms with Crippen LogP contribution in [0, 0.1) is 0 Å². The van der Waals surface area contributed by atoms with Gasteiger partial charge in [-0.1, -0.05) is 29.8 Å². The maximum Gasteiger partial charge on any atom is 0.0564 e. The fourth-order valence-electron chi connectivity index (χ4n) is 2.57. The molecule has 1 aromatic carbocycles. The minimum atomic E-state index is -0.103. The van der Waals surface area contributed by atoms with Crippen molar-refractivity contribution in [1.82, 2.24) is 4.90 Å². The largest absolute Gasteiger partial charge is 0.393 e. The summed E-state index contributed by atoms with van der Waals surface area (Å²) in [5.41, 5.74) is 1.11. The Morgan fingerprint density at radius 3 is 2.65 bits per heavy atom. The van der Waals surface area contributed by atoms with Crippen LogP contribution < -0.4 is 0 Å². The predicted molar refractivity (Wildman–Crippen MR) is 85.3 cm³/mol. The fraction of sp³-hybridized carbons (Fsp3) is 0.375. The summed E-state index contributed by atoms with van der Waals surface area (Å²) >= 11 is 8.05. The summed E-state index contributed by atoms with van der Waals surface area (Å²) in [6.45, 7) is 2.95. The van der Waals surface area contributed by atoms with Gasteiger partial charge < -0.3 is 5.11 Å². The molecule has 0 amide bonds. The molecule has 0 saturated carbocycles. The third-order valence-electron chi connectivity index (χ3n) is 3.74. The number of thiophene rings is 1. The lowest BCUT2D eigenvalue weighted by atomic mass is 10.1. The lowest BCUT2D eigenvalue weighted by Gasteiger charge is -2.28. The third-order valence-corrected chi connectivity index (χ3v) is 5.17. The van der Waals surface area contributed by atoms with Crippen molar-refractivity contribution >= 4 is 22.9 Å². The predicted octanol–water partition coefficient (Wildman–Crippen LogP) is 4.03. The zero-order valence-corrected chi connectivity index (χ0v) is 12.8. The molecule has 1 aliphatic rings. The van der Waals surface area contributed by atoms with Crippen LogP contribution in [0.2, 0.25) is 5.02 Å². The lowest BCUT2D eigenvalue weighted by molar-refractivity contribution is 0.0797. The van der Waals surface area contributed by atoms with Crippen molar-refractivity contribution in [3.63, 3.8) is 0 Å². The van der Waals surface area contributed by atoms with Gasteiger partial charge in [-0.25, -0.2) is 0 Å². The van der Waals surface area contributed by atoms with Gasteiger partial charge in [-0.15, -0.1) is 11.3 Å². The molecule has 0 radical (unpaired) electrons. The van der Waals surface area contributed by atoms with E-state index in [-0.39, 0.29) is 6.10 Å². The Balaban J connectivity index is 1.70. The van der Waals surface area contributed by atoms with Gasteiger partial charge in [-0.05, 0) is 31.0 Å². The summed E-state index contributed by atoms with van der Waals surface area (Å²) in [5.74, 6) is 0. The minimum absolute atomic E-state index is 0.103. The van der Waals surface area contributed by atoms with Crippen molar-refractivity contribution in [2.24, 2.45) is 0 Å². The summed E-state index contributed by atoms with van der Waals surface area (Å²) in [5, 5.41) is 10.3. The van der Waals surface area contributed by atoms with E-state index in [2.05, 4.69) is 23.1 Å². The van der Waals surface area contributed by atoms with Crippen LogP contribution in [0.4, 0.5) is 0 Å². The van der Waals surface area contributed by atoms with Crippen molar-refractivity contribution < 1.29 is 5.11 Å². The maximum absolute atomic E-state index is 9.54. The van der Waals surface area contributed by atoms with Crippen molar-refractivity contribution in [3.8, 4) is 10.4 Å². The van der Waals surface area contributed by atoms with Crippen LogP contribution in [0.15, 0.2) is 36.4 Å². The van der Waals surface area contributed by atoms with Crippen molar-refractivity contribution in [3.05, 3.63) is 46.3 Å². The first-order chi connectivity index (χ1) is 9.72. The van der Waals surface area contributed by atoms with Crippen molar-refractivity contribution in [2.75, 3.05) is 13.1 Å². The number of piperidine rings is 1. The molecule has 0 bridgehead atoms. The Labute approximate surface area is 128 Å². The van der Waals surface area contributed by atoms with Gasteiger partial charge in [-0.2, -0.15) is 0 Å². The first-order valence-corrected chi connectivity index (χ1v) is 8.16. The van der Waals surface area contributed by atoms with Gasteiger partial charge in [-0.3, -0.25) is 4.90 Å². The number of benzene rings is 1. The Morgan fingerprint density at radius 2 is 1.90 bits per heavy atom. The number of halogens is 1. The molecule has 2 nitrogen and oxygen atoms in total. The molecule has 0 spiro atoms. The summed E-state index contributed by atoms with van der Waals surface area (Å²) in [6, 6.07) is 12.3. The monoisotopic (exact) mass is 307 g/mol. The average molecular weight is 308 g/mol. The normalized spacial score (nSPS) is 17.5. The van der Waals surface area contributed by atoms with E-state index in [9.17, 15) is 5.11 Å². The minimum Gasteiger partial charge on any atom is -0.393 e. The molecule has 0 atom stereocenters. The van der Waals surface area contributed by atoms with Crippen molar-refractivity contribution in [2.45, 2.75) is 25.5 Å². The summed E-state index contributed by atoms with van der Waals surface area (Å²) in [7, 11) is 0. The number of rotatable bonds is 3. The van der Waals surface area contributed by atoms with Crippen LogP contribution in [0.3, 0.4) is 0 Å². The van der Waals surface area contributed by atoms with Gasteiger partial charge in [0.1, 0.15) is 0 Å². The Bertz CT molecular complexity index is 575. The molecule has 1 N–H and O–H groups in total. The van der Waals surface area contributed by atoms with Crippen LogP contribution in [0.1, 0.15) is 17.7 Å². The number of nitrogens with zero attached hydrogens (tertiary/aromatic N) is 1. The Morgan fingerprint density at radius 1 is 1.15 bits per heavy atom. The molecular formula is C16H18ClNOS. The Hall–Kier alpha value is -0.870. The number of likely N-dealkylation sites (tertiary alicyclic amines) is 1. The van der Waals surface area contributed by atoms with E-state index < -0.39 is 0 Å². The molecule has 1 fully saturated rings. The number of hydrogen-bond donors (Lipinski definition) is 1. The molecule has 1 aromatic heterocycles. The fourth-order valence-corrected chi connectivity index (χ4v) is 3.95. The van der Waals surface area contributed by atoms with Gasteiger partial charge in [0.05, 0.1) is 6.10 Å². The molecule has 2 heterocycles. The van der Waals surface area contributed by atoms with Crippen LogP contribution in [0.5, 0.6) is 0 Å². The zero-order valence-electron chi connectivity index (χ0n) is 11.3. The van der Waals surface area contributed by atoms with Crippen molar-refractivity contribution in [1.29, 1.82) is 0 Å². The number of hydrogen-bond acceptors (Lipinski definition) is 3. The van der Waals surface area contributed by atoms with E-state index in [1.165, 1.54) is 9.75 Å². The molecule has 2 aromatic rings. The second-order valence-electron chi connectivity index (χ2n) is 5.25. The molecule has 4 heteroatoms. The van der Waals surface area contributed by atoms with E-state index in [1.54, 1.807) is 11.3 Å². The van der Waals surface area contributed by atoms with E-state index in [1.807, 2.05) is 18.2 Å². The molecule has 106 valence electrons. The number of aliphatic hydroxyl groups excluding tert-OH is 1. The van der Waals surface area contributed by atoms with Gasteiger partial charge in [0.15, 0.2) is 0 Å². The first-order valence-electron chi connectivity index (χ1n) is 6.96. The van der Waals surface area contributed by atoms with Crippen LogP contribution >= 0.6 is 22.9 Å². The summed E-state index contributed by atoms with van der Waals surface area (Å²) in [6.07, 6.45) is 1.68. The second kappa shape index (κ2) is 6.27. The van der Waals surface area contributed by atoms with Crippen LogP contribution in [-0.4, -0.2) is 29.2 Å². The first kappa shape index (κ1) is 14.1. The highest BCUT2D eigenvalue weighted by atomic mass is 35.5. The smallest absolute Gasteiger partial charge is 0.0564 e. The molecule has 3 rings (SSSR count). The van der Waals surface area contributed by atoms with E-state index >= 15 is 0 Å². The highest BCUT2D eigenvalue weighted by Crippen LogP contribution is 2.33. The SMILES string of the molecule is OC1CCN(Cc2ccc(-c3ccccc3Cl)s2)CC1. The van der Waals surface area contributed by atoms with E-state index in [0.717, 1.165) is 43.1 Å². The number of aliphatic hydroxyl groups is 1. The lowest BCUT2D eigenvalue weighted by Crippen LogP contribution is -2.35. The van der Waals surface area contributed by atoms with Gasteiger partial charge >= 0.3 is 0 Å². The van der Waals surface area contributed by atoms with Crippen LogP contribution in [-0.2, 0) is 6.54 Å². The molecular weight excluding hydrogens is 290 g/mol. The molecule has 0 unspecified atom stereocenters. The quantitative estimate of drug-likeness (QED) is 0.925. The maximum atomic E-state index is 9.54. The third kappa shape index (κ3) is 3.23. The van der Waals surface area contributed by atoms with E-state index in [0.29, 0.717) is 0 Å². The standard InChI is InChI=1S/C16H18ClNOS/c17-15-4-2-1-3-14(15)16-6-5-13(20-16)11-18-9-7-12(19)8-10-18/h1-6,12,19H,7-11H2. The summed E-state index contributed by atoms with van der Waals surface area (Å²) < 4.78 is 0. The van der Waals surface area contributed by atoms with Gasteiger partial charge in [0, 0.05) is 40.0 Å². The summed E-state index contributed by atoms with van der Waals surface area (Å²) in [4.78, 5) is 4.99. The molecule has 20 heavy (non-hydrogen) atoms. The topological polar surface area (TPSA) is 23.5 Å². The van der Waals surface area contributed by atoms with E-state index in [4.69, 9.17) is 11.6 Å². The molecule has 0 aliphatic carbocycles. The highest BCUT2D eigenvalue weighted by Gasteiger charge is 2.17. The van der Waals surface area contributed by atoms with Gasteiger partial charge in [0.2, 0.25) is 0 Å². The molecule has 1 saturated heterocycles. The Kier molecular flexibility index (Phi) is 4.41. The average Bonchev–Trinajstić information content (AvgIpc) is 2.90. The van der Waals surface area contributed by atoms with Crippen LogP contribution in [0.25, 0.3) is 10.4 Å². The van der Waals surface area contributed by atoms with Gasteiger partial charge in [0.25, 0.3) is 0 Å². The molecule has 1 aliphatic heterocycles.